The first-order chi connectivity index (χ1) is 13.5. The van der Waals surface area contributed by atoms with E-state index in [1.165, 1.54) is 12.1 Å². The third-order valence-electron chi connectivity index (χ3n) is 6.10. The van der Waals surface area contributed by atoms with E-state index in [1.807, 2.05) is 0 Å². The minimum Gasteiger partial charge on any atom is -0.350 e. The van der Waals surface area contributed by atoms with Crippen LogP contribution in [0, 0.1) is 17.2 Å². The quantitative estimate of drug-likeness (QED) is 0.662. The highest BCUT2D eigenvalue weighted by Gasteiger charge is 2.53. The predicted octanol–water partition coefficient (Wildman–Crippen LogP) is 3.73. The van der Waals surface area contributed by atoms with E-state index in [1.54, 1.807) is 6.07 Å². The Balaban J connectivity index is 1.59. The number of nitrogens with one attached hydrogen (secondary N) is 2. The van der Waals surface area contributed by atoms with E-state index in [-0.39, 0.29) is 24.4 Å². The summed E-state index contributed by atoms with van der Waals surface area (Å²) in [6.07, 6.45) is 2.91. The molecule has 0 bridgehead atoms. The number of halogens is 2. The van der Waals surface area contributed by atoms with E-state index in [9.17, 15) is 18.8 Å². The standard InChI is InChI=1S/C21H27BrFN3O3/c1-20(2,3)14-6-8-21(9-7-14)18(28)26(19(29)25-21)12-17(27)24-11-13-10-15(23)4-5-16(13)22/h4-5,10,14H,6-9,11-12H2,1-3H3,(H,24,27)(H,25,29). The molecule has 4 amide bonds. The normalized spacial score (nSPS) is 24.7. The first-order valence-corrected chi connectivity index (χ1v) is 10.7. The van der Waals surface area contributed by atoms with Gasteiger partial charge >= 0.3 is 6.03 Å². The number of urea groups is 1. The molecule has 1 spiro atoms. The molecule has 2 N–H and O–H groups in total. The van der Waals surface area contributed by atoms with E-state index >= 15 is 0 Å². The number of imide groups is 1. The lowest BCUT2D eigenvalue weighted by Crippen LogP contribution is -2.51. The largest absolute Gasteiger partial charge is 0.350 e. The summed E-state index contributed by atoms with van der Waals surface area (Å²) in [5.74, 6) is -0.693. The zero-order valence-electron chi connectivity index (χ0n) is 17.0. The molecule has 29 heavy (non-hydrogen) atoms. The van der Waals surface area contributed by atoms with Gasteiger partial charge in [0.05, 0.1) is 0 Å². The van der Waals surface area contributed by atoms with Gasteiger partial charge in [-0.25, -0.2) is 9.18 Å². The van der Waals surface area contributed by atoms with Gasteiger partial charge in [-0.05, 0) is 60.8 Å². The lowest BCUT2D eigenvalue weighted by atomic mass is 9.67. The van der Waals surface area contributed by atoms with Crippen LogP contribution in [0.25, 0.3) is 0 Å². The zero-order valence-corrected chi connectivity index (χ0v) is 18.6. The number of carbonyl (C=O) groups excluding carboxylic acids is 3. The molecular formula is C21H27BrFN3O3. The fraction of sp³-hybridized carbons (Fsp3) is 0.571. The van der Waals surface area contributed by atoms with E-state index in [0.29, 0.717) is 28.8 Å². The number of rotatable bonds is 4. The molecule has 3 rings (SSSR count). The highest BCUT2D eigenvalue weighted by atomic mass is 79.9. The van der Waals surface area contributed by atoms with Gasteiger partial charge in [-0.3, -0.25) is 14.5 Å². The summed E-state index contributed by atoms with van der Waals surface area (Å²) in [7, 11) is 0. The molecule has 1 heterocycles. The average molecular weight is 468 g/mol. The van der Waals surface area contributed by atoms with Gasteiger partial charge in [0.25, 0.3) is 5.91 Å². The molecule has 1 aromatic carbocycles. The average Bonchev–Trinajstić information content (AvgIpc) is 2.86. The van der Waals surface area contributed by atoms with Gasteiger partial charge in [-0.2, -0.15) is 0 Å². The summed E-state index contributed by atoms with van der Waals surface area (Å²) < 4.78 is 14.0. The number of carbonyl (C=O) groups is 3. The zero-order chi connectivity index (χ0) is 21.4. The maximum atomic E-state index is 13.4. The molecule has 1 aromatic rings. The number of nitrogens with zero attached hydrogens (tertiary/aromatic N) is 1. The summed E-state index contributed by atoms with van der Waals surface area (Å²) >= 11 is 3.31. The molecule has 2 aliphatic rings. The minimum atomic E-state index is -0.884. The molecule has 0 radical (unpaired) electrons. The third-order valence-corrected chi connectivity index (χ3v) is 6.87. The molecule has 1 aliphatic carbocycles. The number of benzene rings is 1. The molecule has 0 unspecified atom stereocenters. The van der Waals surface area contributed by atoms with Crippen LogP contribution >= 0.6 is 15.9 Å². The van der Waals surface area contributed by atoms with Gasteiger partial charge in [-0.1, -0.05) is 36.7 Å². The van der Waals surface area contributed by atoms with E-state index in [4.69, 9.17) is 0 Å². The monoisotopic (exact) mass is 467 g/mol. The van der Waals surface area contributed by atoms with E-state index < -0.39 is 23.3 Å². The fourth-order valence-corrected chi connectivity index (χ4v) is 4.59. The van der Waals surface area contributed by atoms with Gasteiger partial charge in [0.1, 0.15) is 17.9 Å². The molecule has 1 saturated carbocycles. The van der Waals surface area contributed by atoms with Gasteiger partial charge in [0.2, 0.25) is 5.91 Å². The Morgan fingerprint density at radius 1 is 1.31 bits per heavy atom. The van der Waals surface area contributed by atoms with E-state index in [2.05, 4.69) is 47.3 Å². The molecule has 0 atom stereocenters. The Morgan fingerprint density at radius 3 is 2.59 bits per heavy atom. The highest BCUT2D eigenvalue weighted by molar-refractivity contribution is 9.10. The smallest absolute Gasteiger partial charge is 0.325 e. The van der Waals surface area contributed by atoms with Crippen LogP contribution in [0.5, 0.6) is 0 Å². The predicted molar refractivity (Wildman–Crippen MR) is 110 cm³/mol. The van der Waals surface area contributed by atoms with Crippen molar-refractivity contribution in [2.75, 3.05) is 6.54 Å². The Morgan fingerprint density at radius 2 is 1.97 bits per heavy atom. The van der Waals surface area contributed by atoms with Crippen LogP contribution in [0.4, 0.5) is 9.18 Å². The van der Waals surface area contributed by atoms with Gasteiger partial charge in [0, 0.05) is 11.0 Å². The molecule has 6 nitrogen and oxygen atoms in total. The fourth-order valence-electron chi connectivity index (χ4n) is 4.21. The number of hydrogen-bond donors (Lipinski definition) is 2. The van der Waals surface area contributed by atoms with Crippen molar-refractivity contribution in [1.82, 2.24) is 15.5 Å². The second-order valence-corrected chi connectivity index (χ2v) is 9.91. The number of amides is 4. The first-order valence-electron chi connectivity index (χ1n) is 9.86. The van der Waals surface area contributed by atoms with E-state index in [0.717, 1.165) is 17.7 Å². The SMILES string of the molecule is CC(C)(C)C1CCC2(CC1)NC(=O)N(CC(=O)NCc1cc(F)ccc1Br)C2=O. The Kier molecular flexibility index (Phi) is 6.03. The second-order valence-electron chi connectivity index (χ2n) is 9.06. The van der Waals surface area contributed by atoms with Crippen LogP contribution in [0.2, 0.25) is 0 Å². The molecular weight excluding hydrogens is 441 g/mol. The van der Waals surface area contributed by atoms with Gasteiger partial charge in [-0.15, -0.1) is 0 Å². The van der Waals surface area contributed by atoms with Crippen LogP contribution in [0.1, 0.15) is 52.0 Å². The van der Waals surface area contributed by atoms with Crippen molar-refractivity contribution in [2.45, 2.75) is 58.5 Å². The molecule has 8 heteroatoms. The van der Waals surface area contributed by atoms with Crippen molar-refractivity contribution in [3.8, 4) is 0 Å². The Hall–Kier alpha value is -1.96. The van der Waals surface area contributed by atoms with Crippen LogP contribution in [0.3, 0.4) is 0 Å². The second kappa shape index (κ2) is 8.05. The highest BCUT2D eigenvalue weighted by Crippen LogP contribution is 2.43. The lowest BCUT2D eigenvalue weighted by molar-refractivity contribution is -0.136. The van der Waals surface area contributed by atoms with Crippen molar-refractivity contribution in [3.05, 3.63) is 34.1 Å². The van der Waals surface area contributed by atoms with Gasteiger partial charge < -0.3 is 10.6 Å². The molecule has 0 aromatic heterocycles. The molecule has 158 valence electrons. The molecule has 2 fully saturated rings. The van der Waals surface area contributed by atoms with Crippen molar-refractivity contribution in [1.29, 1.82) is 0 Å². The summed E-state index contributed by atoms with van der Waals surface area (Å²) in [5.41, 5.74) is -0.143. The maximum absolute atomic E-state index is 13.4. The van der Waals surface area contributed by atoms with Crippen LogP contribution in [-0.2, 0) is 16.1 Å². The van der Waals surface area contributed by atoms with Crippen molar-refractivity contribution in [2.24, 2.45) is 11.3 Å². The molecule has 1 saturated heterocycles. The number of hydrogen-bond acceptors (Lipinski definition) is 3. The molecule has 1 aliphatic heterocycles. The van der Waals surface area contributed by atoms with Crippen LogP contribution in [-0.4, -0.2) is 34.8 Å². The maximum Gasteiger partial charge on any atom is 0.325 e. The first kappa shape index (κ1) is 21.7. The van der Waals surface area contributed by atoms with Crippen LogP contribution in [0.15, 0.2) is 22.7 Å². The minimum absolute atomic E-state index is 0.0965. The summed E-state index contributed by atoms with van der Waals surface area (Å²) in [5, 5.41) is 5.48. The Labute approximate surface area is 178 Å². The van der Waals surface area contributed by atoms with Crippen molar-refractivity contribution < 1.29 is 18.8 Å². The van der Waals surface area contributed by atoms with Crippen molar-refractivity contribution in [3.63, 3.8) is 0 Å². The lowest BCUT2D eigenvalue weighted by Gasteiger charge is -2.40. The summed E-state index contributed by atoms with van der Waals surface area (Å²) in [6.45, 7) is 6.33. The Bertz CT molecular complexity index is 829. The topological polar surface area (TPSA) is 78.5 Å². The summed E-state index contributed by atoms with van der Waals surface area (Å²) in [6, 6.07) is 3.68. The van der Waals surface area contributed by atoms with Crippen molar-refractivity contribution >= 4 is 33.8 Å². The third kappa shape index (κ3) is 4.63. The summed E-state index contributed by atoms with van der Waals surface area (Å²) in [4.78, 5) is 38.7. The van der Waals surface area contributed by atoms with Gasteiger partial charge in [0.15, 0.2) is 0 Å². The van der Waals surface area contributed by atoms with Crippen LogP contribution < -0.4 is 10.6 Å².